The van der Waals surface area contributed by atoms with Crippen molar-refractivity contribution >= 4 is 23.0 Å². The third kappa shape index (κ3) is 4.40. The van der Waals surface area contributed by atoms with Crippen molar-refractivity contribution in [3.8, 4) is 0 Å². The Labute approximate surface area is 166 Å². The van der Waals surface area contributed by atoms with Crippen molar-refractivity contribution in [3.63, 3.8) is 0 Å². The Kier molecular flexibility index (Phi) is 6.50. The SMILES string of the molecule is CCOC(=O)C(O[C@@H](c1ccccc1F)n1nnc2ccccc21)C(=O)OCC. The van der Waals surface area contributed by atoms with Crippen LogP contribution in [0.25, 0.3) is 11.0 Å². The van der Waals surface area contributed by atoms with E-state index in [-0.39, 0.29) is 18.8 Å². The molecule has 0 aliphatic carbocycles. The van der Waals surface area contributed by atoms with Crippen LogP contribution in [0.1, 0.15) is 25.6 Å². The number of halogens is 1. The molecular formula is C20H20FN3O5. The number of aromatic nitrogens is 3. The highest BCUT2D eigenvalue weighted by molar-refractivity contribution is 5.98. The molecule has 8 nitrogen and oxygen atoms in total. The van der Waals surface area contributed by atoms with E-state index in [0.29, 0.717) is 11.0 Å². The zero-order valence-electron chi connectivity index (χ0n) is 15.9. The molecule has 0 saturated carbocycles. The van der Waals surface area contributed by atoms with Crippen molar-refractivity contribution in [2.75, 3.05) is 13.2 Å². The Hall–Kier alpha value is -3.33. The number of para-hydroxylation sites is 1. The number of esters is 2. The molecule has 0 N–H and O–H groups in total. The molecule has 0 fully saturated rings. The van der Waals surface area contributed by atoms with Gasteiger partial charge in [0.2, 0.25) is 0 Å². The van der Waals surface area contributed by atoms with Gasteiger partial charge in [-0.1, -0.05) is 35.5 Å². The van der Waals surface area contributed by atoms with Crippen molar-refractivity contribution in [2.24, 2.45) is 0 Å². The third-order valence-corrected chi connectivity index (χ3v) is 4.04. The van der Waals surface area contributed by atoms with E-state index < -0.39 is 30.1 Å². The Balaban J connectivity index is 2.08. The van der Waals surface area contributed by atoms with Gasteiger partial charge in [0.05, 0.1) is 18.7 Å². The number of fused-ring (bicyclic) bond motifs is 1. The maximum Gasteiger partial charge on any atom is 0.347 e. The van der Waals surface area contributed by atoms with Crippen molar-refractivity contribution in [1.29, 1.82) is 0 Å². The standard InChI is InChI=1S/C20H20FN3O5/c1-3-27-19(25)17(20(26)28-4-2)29-18(13-9-5-6-10-14(13)21)24-16-12-8-7-11-15(16)22-23-24/h5-12,17-18H,3-4H2,1-2H3/t18-/m0/s1. The fraction of sp³-hybridized carbons (Fsp3) is 0.300. The number of rotatable bonds is 8. The predicted octanol–water partition coefficient (Wildman–Crippen LogP) is 2.63. The summed E-state index contributed by atoms with van der Waals surface area (Å²) >= 11 is 0. The molecule has 3 rings (SSSR count). The minimum Gasteiger partial charge on any atom is -0.464 e. The molecular weight excluding hydrogens is 381 g/mol. The van der Waals surface area contributed by atoms with Crippen LogP contribution >= 0.6 is 0 Å². The zero-order chi connectivity index (χ0) is 20.8. The molecule has 0 aliphatic heterocycles. The minimum atomic E-state index is -1.72. The molecule has 1 aromatic heterocycles. The number of carbonyl (C=O) groups excluding carboxylic acids is 2. The molecule has 0 spiro atoms. The fourth-order valence-electron chi connectivity index (χ4n) is 2.77. The Morgan fingerprint density at radius 3 is 2.28 bits per heavy atom. The average Bonchev–Trinajstić information content (AvgIpc) is 3.14. The second kappa shape index (κ2) is 9.24. The lowest BCUT2D eigenvalue weighted by atomic mass is 10.1. The maximum atomic E-state index is 14.6. The first-order chi connectivity index (χ1) is 14.1. The van der Waals surface area contributed by atoms with E-state index in [1.165, 1.54) is 22.9 Å². The number of nitrogens with zero attached hydrogens (tertiary/aromatic N) is 3. The van der Waals surface area contributed by atoms with Gasteiger partial charge in [-0.25, -0.2) is 18.7 Å². The average molecular weight is 401 g/mol. The lowest BCUT2D eigenvalue weighted by Gasteiger charge is -2.23. The highest BCUT2D eigenvalue weighted by Crippen LogP contribution is 2.27. The van der Waals surface area contributed by atoms with E-state index in [9.17, 15) is 14.0 Å². The normalized spacial score (nSPS) is 12.1. The van der Waals surface area contributed by atoms with E-state index in [1.54, 1.807) is 44.2 Å². The number of hydrogen-bond donors (Lipinski definition) is 0. The summed E-state index contributed by atoms with van der Waals surface area (Å²) in [5, 5.41) is 8.09. The fourth-order valence-corrected chi connectivity index (χ4v) is 2.77. The quantitative estimate of drug-likeness (QED) is 0.423. The van der Waals surface area contributed by atoms with E-state index in [0.717, 1.165) is 0 Å². The van der Waals surface area contributed by atoms with E-state index in [1.807, 2.05) is 0 Å². The van der Waals surface area contributed by atoms with Gasteiger partial charge in [0.15, 0.2) is 6.23 Å². The summed E-state index contributed by atoms with van der Waals surface area (Å²) in [4.78, 5) is 24.7. The molecule has 1 heterocycles. The molecule has 9 heteroatoms. The van der Waals surface area contributed by atoms with Crippen LogP contribution in [0.4, 0.5) is 4.39 Å². The molecule has 152 valence electrons. The van der Waals surface area contributed by atoms with Gasteiger partial charge < -0.3 is 14.2 Å². The maximum absolute atomic E-state index is 14.6. The largest absolute Gasteiger partial charge is 0.464 e. The van der Waals surface area contributed by atoms with Gasteiger partial charge in [-0.15, -0.1) is 5.10 Å². The van der Waals surface area contributed by atoms with Crippen LogP contribution in [-0.4, -0.2) is 46.3 Å². The molecule has 0 radical (unpaired) electrons. The van der Waals surface area contributed by atoms with Crippen LogP contribution in [-0.2, 0) is 23.8 Å². The summed E-state index contributed by atoms with van der Waals surface area (Å²) in [6.45, 7) is 3.27. The van der Waals surface area contributed by atoms with Crippen LogP contribution < -0.4 is 0 Å². The summed E-state index contributed by atoms with van der Waals surface area (Å²) in [6, 6.07) is 12.8. The lowest BCUT2D eigenvalue weighted by Crippen LogP contribution is -2.39. The first-order valence-corrected chi connectivity index (χ1v) is 9.09. The monoisotopic (exact) mass is 401 g/mol. The molecule has 3 aromatic rings. The number of ether oxygens (including phenoxy) is 3. The summed E-state index contributed by atoms with van der Waals surface area (Å²) < 4.78 is 31.6. The van der Waals surface area contributed by atoms with E-state index in [4.69, 9.17) is 14.2 Å². The van der Waals surface area contributed by atoms with Gasteiger partial charge in [-0.3, -0.25) is 0 Å². The molecule has 0 saturated heterocycles. The lowest BCUT2D eigenvalue weighted by molar-refractivity contribution is -0.179. The van der Waals surface area contributed by atoms with E-state index >= 15 is 0 Å². The Morgan fingerprint density at radius 2 is 1.62 bits per heavy atom. The molecule has 1 atom stereocenters. The Bertz CT molecular complexity index is 988. The Morgan fingerprint density at radius 1 is 1.00 bits per heavy atom. The second-order valence-corrected chi connectivity index (χ2v) is 5.92. The highest BCUT2D eigenvalue weighted by Gasteiger charge is 2.36. The number of hydrogen-bond acceptors (Lipinski definition) is 7. The van der Waals surface area contributed by atoms with Crippen molar-refractivity contribution in [1.82, 2.24) is 15.0 Å². The van der Waals surface area contributed by atoms with Crippen LogP contribution in [0, 0.1) is 5.82 Å². The molecule has 0 unspecified atom stereocenters. The minimum absolute atomic E-state index is 0.0364. The summed E-state index contributed by atoms with van der Waals surface area (Å²) in [5.41, 5.74) is 1.15. The molecule has 29 heavy (non-hydrogen) atoms. The summed E-state index contributed by atoms with van der Waals surface area (Å²) in [6.07, 6.45) is -2.98. The summed E-state index contributed by atoms with van der Waals surface area (Å²) in [7, 11) is 0. The topological polar surface area (TPSA) is 92.5 Å². The van der Waals surface area contributed by atoms with E-state index in [2.05, 4.69) is 10.3 Å². The first-order valence-electron chi connectivity index (χ1n) is 9.09. The van der Waals surface area contributed by atoms with Gasteiger partial charge in [0.25, 0.3) is 6.10 Å². The predicted molar refractivity (Wildman–Crippen MR) is 100 cm³/mol. The molecule has 0 aliphatic rings. The van der Waals surface area contributed by atoms with Gasteiger partial charge in [0, 0.05) is 5.56 Å². The van der Waals surface area contributed by atoms with Crippen LogP contribution in [0.3, 0.4) is 0 Å². The number of carbonyl (C=O) groups is 2. The highest BCUT2D eigenvalue weighted by atomic mass is 19.1. The van der Waals surface area contributed by atoms with Gasteiger partial charge >= 0.3 is 11.9 Å². The van der Waals surface area contributed by atoms with Gasteiger partial charge in [-0.05, 0) is 32.0 Å². The molecule has 2 aromatic carbocycles. The second-order valence-electron chi connectivity index (χ2n) is 5.92. The smallest absolute Gasteiger partial charge is 0.347 e. The number of benzene rings is 2. The van der Waals surface area contributed by atoms with Crippen molar-refractivity contribution in [2.45, 2.75) is 26.2 Å². The first kappa shape index (κ1) is 20.4. The van der Waals surface area contributed by atoms with Gasteiger partial charge in [0.1, 0.15) is 11.3 Å². The van der Waals surface area contributed by atoms with Crippen LogP contribution in [0.15, 0.2) is 48.5 Å². The molecule has 0 amide bonds. The van der Waals surface area contributed by atoms with Crippen molar-refractivity contribution < 1.29 is 28.2 Å². The van der Waals surface area contributed by atoms with Crippen LogP contribution in [0.5, 0.6) is 0 Å². The summed E-state index contributed by atoms with van der Waals surface area (Å²) in [5.74, 6) is -2.46. The molecule has 0 bridgehead atoms. The zero-order valence-corrected chi connectivity index (χ0v) is 15.9. The van der Waals surface area contributed by atoms with Crippen molar-refractivity contribution in [3.05, 3.63) is 59.9 Å². The van der Waals surface area contributed by atoms with Crippen LogP contribution in [0.2, 0.25) is 0 Å². The van der Waals surface area contributed by atoms with Gasteiger partial charge in [-0.2, -0.15) is 0 Å². The third-order valence-electron chi connectivity index (χ3n) is 4.04.